The maximum atomic E-state index is 11.8. The molecule has 0 bridgehead atoms. The smallest absolute Gasteiger partial charge is 0.271 e. The lowest BCUT2D eigenvalue weighted by molar-refractivity contribution is -0.00818. The van der Waals surface area contributed by atoms with Gasteiger partial charge in [-0.15, -0.1) is 0 Å². The highest BCUT2D eigenvalue weighted by molar-refractivity contribution is 5.92. The largest absolute Gasteiger partial charge is 0.374 e. The Labute approximate surface area is 107 Å². The van der Waals surface area contributed by atoms with E-state index in [1.807, 2.05) is 20.8 Å². The van der Waals surface area contributed by atoms with Crippen molar-refractivity contribution in [2.24, 2.45) is 0 Å². The van der Waals surface area contributed by atoms with E-state index in [0.29, 0.717) is 24.7 Å². The molecule has 18 heavy (non-hydrogen) atoms. The third kappa shape index (κ3) is 4.29. The SMILES string of the molecule is CCOC(C)(C)CNC(=O)c1cnc(NC)cn1. The summed E-state index contributed by atoms with van der Waals surface area (Å²) in [5.74, 6) is 0.374. The molecule has 0 spiro atoms. The van der Waals surface area contributed by atoms with Gasteiger partial charge in [0.05, 0.1) is 18.0 Å². The van der Waals surface area contributed by atoms with Crippen molar-refractivity contribution >= 4 is 11.7 Å². The van der Waals surface area contributed by atoms with E-state index in [0.717, 1.165) is 0 Å². The second kappa shape index (κ2) is 6.30. The van der Waals surface area contributed by atoms with Gasteiger partial charge in [0.15, 0.2) is 0 Å². The molecular formula is C12H20N4O2. The number of rotatable bonds is 6. The first kappa shape index (κ1) is 14.4. The van der Waals surface area contributed by atoms with E-state index in [-0.39, 0.29) is 11.5 Å². The number of hydrogen-bond donors (Lipinski definition) is 2. The Morgan fingerprint density at radius 3 is 2.61 bits per heavy atom. The van der Waals surface area contributed by atoms with Gasteiger partial charge < -0.3 is 15.4 Å². The highest BCUT2D eigenvalue weighted by Crippen LogP contribution is 2.07. The molecule has 0 aliphatic rings. The first-order valence-electron chi connectivity index (χ1n) is 5.90. The van der Waals surface area contributed by atoms with E-state index in [9.17, 15) is 4.79 Å². The summed E-state index contributed by atoms with van der Waals surface area (Å²) in [6, 6.07) is 0. The summed E-state index contributed by atoms with van der Waals surface area (Å²) in [7, 11) is 1.74. The van der Waals surface area contributed by atoms with Crippen LogP contribution < -0.4 is 10.6 Å². The molecule has 1 rings (SSSR count). The topological polar surface area (TPSA) is 76.1 Å². The van der Waals surface area contributed by atoms with Crippen molar-refractivity contribution in [1.82, 2.24) is 15.3 Å². The van der Waals surface area contributed by atoms with Gasteiger partial charge >= 0.3 is 0 Å². The van der Waals surface area contributed by atoms with Gasteiger partial charge in [0.1, 0.15) is 11.5 Å². The van der Waals surface area contributed by atoms with Gasteiger partial charge in [0.2, 0.25) is 0 Å². The van der Waals surface area contributed by atoms with Crippen LogP contribution in [0.25, 0.3) is 0 Å². The molecule has 1 amide bonds. The van der Waals surface area contributed by atoms with Crippen molar-refractivity contribution in [3.05, 3.63) is 18.1 Å². The molecule has 2 N–H and O–H groups in total. The summed E-state index contributed by atoms with van der Waals surface area (Å²) in [5, 5.41) is 5.62. The van der Waals surface area contributed by atoms with Gasteiger partial charge in [0, 0.05) is 20.2 Å². The van der Waals surface area contributed by atoms with Crippen LogP contribution in [0, 0.1) is 0 Å². The van der Waals surface area contributed by atoms with Crippen molar-refractivity contribution in [1.29, 1.82) is 0 Å². The summed E-state index contributed by atoms with van der Waals surface area (Å²) < 4.78 is 5.49. The lowest BCUT2D eigenvalue weighted by atomic mass is 10.1. The Hall–Kier alpha value is -1.69. The highest BCUT2D eigenvalue weighted by atomic mass is 16.5. The monoisotopic (exact) mass is 252 g/mol. The Morgan fingerprint density at radius 1 is 1.39 bits per heavy atom. The molecular weight excluding hydrogens is 232 g/mol. The maximum Gasteiger partial charge on any atom is 0.271 e. The van der Waals surface area contributed by atoms with Crippen molar-refractivity contribution < 1.29 is 9.53 Å². The van der Waals surface area contributed by atoms with Crippen LogP contribution in [0.5, 0.6) is 0 Å². The number of hydrogen-bond acceptors (Lipinski definition) is 5. The highest BCUT2D eigenvalue weighted by Gasteiger charge is 2.19. The Kier molecular flexibility index (Phi) is 5.03. The van der Waals surface area contributed by atoms with Crippen LogP contribution in [0.3, 0.4) is 0 Å². The zero-order chi connectivity index (χ0) is 13.6. The van der Waals surface area contributed by atoms with Crippen LogP contribution >= 0.6 is 0 Å². The van der Waals surface area contributed by atoms with E-state index in [4.69, 9.17) is 4.74 Å². The molecule has 1 aromatic rings. The quantitative estimate of drug-likeness (QED) is 0.792. The zero-order valence-electron chi connectivity index (χ0n) is 11.3. The number of nitrogens with one attached hydrogen (secondary N) is 2. The van der Waals surface area contributed by atoms with Gasteiger partial charge in [-0.25, -0.2) is 9.97 Å². The summed E-state index contributed by atoms with van der Waals surface area (Å²) in [4.78, 5) is 19.9. The van der Waals surface area contributed by atoms with Crippen LogP contribution in [0.4, 0.5) is 5.82 Å². The minimum Gasteiger partial charge on any atom is -0.374 e. The molecule has 0 unspecified atom stereocenters. The molecule has 0 aliphatic heterocycles. The van der Waals surface area contributed by atoms with E-state index >= 15 is 0 Å². The fourth-order valence-corrected chi connectivity index (χ4v) is 1.40. The fraction of sp³-hybridized carbons (Fsp3) is 0.583. The molecule has 0 aromatic carbocycles. The molecule has 0 radical (unpaired) electrons. The van der Waals surface area contributed by atoms with Crippen LogP contribution in [-0.4, -0.2) is 41.7 Å². The van der Waals surface area contributed by atoms with E-state index in [1.54, 1.807) is 7.05 Å². The van der Waals surface area contributed by atoms with Crippen molar-refractivity contribution in [2.75, 3.05) is 25.5 Å². The van der Waals surface area contributed by atoms with Gasteiger partial charge in [-0.05, 0) is 20.8 Å². The number of nitrogens with zero attached hydrogens (tertiary/aromatic N) is 2. The number of aromatic nitrogens is 2. The standard InChI is InChI=1S/C12H20N4O2/c1-5-18-12(2,3)8-16-11(17)9-6-15-10(13-4)7-14-9/h6-7H,5,8H2,1-4H3,(H,13,15)(H,16,17). The van der Waals surface area contributed by atoms with Gasteiger partial charge in [-0.1, -0.05) is 0 Å². The second-order valence-corrected chi connectivity index (χ2v) is 4.41. The van der Waals surface area contributed by atoms with E-state index in [2.05, 4.69) is 20.6 Å². The predicted molar refractivity (Wildman–Crippen MR) is 69.6 cm³/mol. The average Bonchev–Trinajstić information content (AvgIpc) is 2.36. The summed E-state index contributed by atoms with van der Waals surface area (Å²) in [5.41, 5.74) is -0.0933. The zero-order valence-corrected chi connectivity index (χ0v) is 11.3. The second-order valence-electron chi connectivity index (χ2n) is 4.41. The summed E-state index contributed by atoms with van der Waals surface area (Å²) >= 11 is 0. The van der Waals surface area contributed by atoms with E-state index in [1.165, 1.54) is 12.4 Å². The maximum absolute atomic E-state index is 11.8. The number of carbonyl (C=O) groups excluding carboxylic acids is 1. The average molecular weight is 252 g/mol. The Bertz CT molecular complexity index is 390. The minimum atomic E-state index is -0.386. The molecule has 1 heterocycles. The van der Waals surface area contributed by atoms with Crippen molar-refractivity contribution in [2.45, 2.75) is 26.4 Å². The van der Waals surface area contributed by atoms with Crippen LogP contribution in [-0.2, 0) is 4.74 Å². The summed E-state index contributed by atoms with van der Waals surface area (Å²) in [6.45, 7) is 6.80. The molecule has 0 atom stereocenters. The Balaban J connectivity index is 2.54. The molecule has 100 valence electrons. The Morgan fingerprint density at radius 2 is 2.11 bits per heavy atom. The van der Waals surface area contributed by atoms with Crippen LogP contribution in [0.15, 0.2) is 12.4 Å². The van der Waals surface area contributed by atoms with E-state index < -0.39 is 0 Å². The molecule has 0 aliphatic carbocycles. The van der Waals surface area contributed by atoms with Crippen molar-refractivity contribution in [3.63, 3.8) is 0 Å². The molecule has 0 saturated heterocycles. The van der Waals surface area contributed by atoms with Crippen LogP contribution in [0.2, 0.25) is 0 Å². The fourth-order valence-electron chi connectivity index (χ4n) is 1.40. The first-order chi connectivity index (χ1) is 8.48. The molecule has 0 saturated carbocycles. The number of ether oxygens (including phenoxy) is 1. The number of carbonyl (C=O) groups is 1. The summed E-state index contributed by atoms with van der Waals surface area (Å²) in [6.07, 6.45) is 2.96. The van der Waals surface area contributed by atoms with Crippen LogP contribution in [0.1, 0.15) is 31.3 Å². The molecule has 6 nitrogen and oxygen atoms in total. The third-order valence-electron chi connectivity index (χ3n) is 2.35. The van der Waals surface area contributed by atoms with Gasteiger partial charge in [0.25, 0.3) is 5.91 Å². The first-order valence-corrected chi connectivity index (χ1v) is 5.90. The van der Waals surface area contributed by atoms with Crippen molar-refractivity contribution in [3.8, 4) is 0 Å². The number of amides is 1. The predicted octanol–water partition coefficient (Wildman–Crippen LogP) is 1.06. The molecule has 0 fully saturated rings. The normalized spacial score (nSPS) is 11.1. The van der Waals surface area contributed by atoms with Gasteiger partial charge in [-0.2, -0.15) is 0 Å². The lowest BCUT2D eigenvalue weighted by Gasteiger charge is -2.24. The minimum absolute atomic E-state index is 0.252. The number of anilines is 1. The molecule has 1 aromatic heterocycles. The molecule has 6 heteroatoms. The van der Waals surface area contributed by atoms with Gasteiger partial charge in [-0.3, -0.25) is 4.79 Å². The third-order valence-corrected chi connectivity index (χ3v) is 2.35. The lowest BCUT2D eigenvalue weighted by Crippen LogP contribution is -2.40.